The zero-order valence-corrected chi connectivity index (χ0v) is 70.4. The van der Waals surface area contributed by atoms with Gasteiger partial charge in [-0.15, -0.1) is 0 Å². The smallest absolute Gasteiger partial charge is 0.238 e. The van der Waals surface area contributed by atoms with E-state index >= 15 is 0 Å². The van der Waals surface area contributed by atoms with Crippen molar-refractivity contribution in [2.24, 2.45) is 0 Å². The van der Waals surface area contributed by atoms with E-state index in [9.17, 15) is 0 Å². The summed E-state index contributed by atoms with van der Waals surface area (Å²) in [6.45, 7) is 0. The molecule has 18 nitrogen and oxygen atoms in total. The zero-order valence-electron chi connectivity index (χ0n) is 70.4. The van der Waals surface area contributed by atoms with E-state index in [0.717, 1.165) is 171 Å². The first-order valence-corrected chi connectivity index (χ1v) is 43.4. The molecule has 0 amide bonds. The van der Waals surface area contributed by atoms with Crippen LogP contribution in [0.4, 0.5) is 0 Å². The van der Waals surface area contributed by atoms with Crippen LogP contribution in [0.3, 0.4) is 0 Å². The molecule has 0 spiro atoms. The summed E-state index contributed by atoms with van der Waals surface area (Å²) >= 11 is 0. The average molecular weight is 1700 g/mol. The minimum Gasteiger partial charge on any atom is -0.436 e. The molecular formula is C114H71N15O3. The molecule has 0 aliphatic heterocycles. The zero-order chi connectivity index (χ0) is 87.4. The Morgan fingerprint density at radius 1 is 0.167 bits per heavy atom. The van der Waals surface area contributed by atoms with E-state index in [-0.39, 0.29) is 0 Å². The summed E-state index contributed by atoms with van der Waals surface area (Å²) in [6, 6.07) is 145. The second-order valence-electron chi connectivity index (χ2n) is 31.8. The van der Waals surface area contributed by atoms with Crippen LogP contribution in [0.2, 0.25) is 0 Å². The van der Waals surface area contributed by atoms with Crippen LogP contribution in [0.15, 0.2) is 444 Å². The van der Waals surface area contributed by atoms with E-state index < -0.39 is 0 Å². The minimum absolute atomic E-state index is 0.550. The van der Waals surface area contributed by atoms with Crippen molar-refractivity contribution in [2.75, 3.05) is 0 Å². The van der Waals surface area contributed by atoms with Gasteiger partial charge in [0.2, 0.25) is 23.6 Å². The third-order valence-corrected chi connectivity index (χ3v) is 23.7. The lowest BCUT2D eigenvalue weighted by molar-refractivity contribution is 0.620. The van der Waals surface area contributed by atoms with Crippen molar-refractivity contribution in [3.05, 3.63) is 431 Å². The molecule has 0 N–H and O–H groups in total. The number of nitrogens with zero attached hydrogens (tertiary/aromatic N) is 15. The highest BCUT2D eigenvalue weighted by atomic mass is 16.4. The summed E-state index contributed by atoms with van der Waals surface area (Å²) in [7, 11) is 0. The van der Waals surface area contributed by atoms with E-state index in [1.54, 1.807) is 0 Å². The maximum atomic E-state index is 6.26. The first kappa shape index (κ1) is 77.2. The monoisotopic (exact) mass is 1700 g/mol. The number of para-hydroxylation sites is 9. The normalized spacial score (nSPS) is 11.5. The molecule has 0 atom stereocenters. The Bertz CT molecular complexity index is 8570. The second-order valence-corrected chi connectivity index (χ2v) is 31.8. The van der Waals surface area contributed by atoms with Crippen molar-refractivity contribution in [1.29, 1.82) is 0 Å². The van der Waals surface area contributed by atoms with Gasteiger partial charge in [-0.05, 0) is 127 Å². The van der Waals surface area contributed by atoms with E-state index in [1.165, 1.54) is 0 Å². The Balaban J connectivity index is 0.000000110. The molecule has 18 heteroatoms. The number of hydrogen-bond acceptors (Lipinski definition) is 15. The predicted molar refractivity (Wildman–Crippen MR) is 525 cm³/mol. The molecule has 0 radical (unpaired) electrons. The van der Waals surface area contributed by atoms with Crippen molar-refractivity contribution in [1.82, 2.24) is 73.5 Å². The molecule has 0 bridgehead atoms. The van der Waals surface area contributed by atoms with Crippen LogP contribution >= 0.6 is 0 Å². The van der Waals surface area contributed by atoms with Crippen molar-refractivity contribution in [3.8, 4) is 143 Å². The fraction of sp³-hybridized carbons (Fsp3) is 0. The molecule has 17 aromatic carbocycles. The SMILES string of the molecule is c1ccc(-c2nc(-c3ccccc3)nc(-c3ccc(-n4c5ccccc5c5c(-c6nc7ccccc7o6)cccc54)cc3)n2)cc1.c1ccc(-c2nc(-c3ccccc3)nc(-c3cccc(-n4c5ccccc5c5c(-c6nc7ccccc7o6)cccc54)c3)n2)cc1.c1ccc(-c2nc(-c3ccccc3)nc(-n3c4ccccc4c4c(-c5nc6ccccc6o5)cccc43)n2)cc1. The molecule has 132 heavy (non-hydrogen) atoms. The molecule has 0 fully saturated rings. The number of rotatable bonds is 14. The summed E-state index contributed by atoms with van der Waals surface area (Å²) in [4.78, 5) is 58.8. The summed E-state index contributed by atoms with van der Waals surface area (Å²) in [5, 5.41) is 6.56. The van der Waals surface area contributed by atoms with Gasteiger partial charge in [-0.1, -0.05) is 303 Å². The maximum Gasteiger partial charge on any atom is 0.238 e. The lowest BCUT2D eigenvalue weighted by Gasteiger charge is -2.11. The second kappa shape index (κ2) is 33.2. The van der Waals surface area contributed by atoms with Gasteiger partial charge in [-0.2, -0.15) is 9.97 Å². The summed E-state index contributed by atoms with van der Waals surface area (Å²) in [5.74, 6) is 7.38. The van der Waals surface area contributed by atoms with Crippen molar-refractivity contribution >= 4 is 98.7 Å². The molecule has 0 unspecified atom stereocenters. The largest absolute Gasteiger partial charge is 0.436 e. The number of benzene rings is 17. The number of fused-ring (bicyclic) bond motifs is 12. The highest BCUT2D eigenvalue weighted by molar-refractivity contribution is 6.18. The Morgan fingerprint density at radius 2 is 0.417 bits per heavy atom. The summed E-state index contributed by atoms with van der Waals surface area (Å²) in [6.07, 6.45) is 0. The molecule has 26 rings (SSSR count). The van der Waals surface area contributed by atoms with Crippen LogP contribution in [-0.2, 0) is 0 Å². The number of aromatic nitrogens is 15. The Hall–Kier alpha value is -18.4. The number of oxazole rings is 3. The molecule has 0 aliphatic rings. The highest BCUT2D eigenvalue weighted by Crippen LogP contribution is 2.45. The van der Waals surface area contributed by atoms with E-state index in [0.29, 0.717) is 70.2 Å². The molecule has 0 saturated carbocycles. The van der Waals surface area contributed by atoms with Crippen LogP contribution in [-0.4, -0.2) is 73.5 Å². The topological polar surface area (TPSA) is 209 Å². The lowest BCUT2D eigenvalue weighted by Crippen LogP contribution is -2.06. The third kappa shape index (κ3) is 14.2. The fourth-order valence-corrected chi connectivity index (χ4v) is 17.6. The quantitative estimate of drug-likeness (QED) is 0.0991. The lowest BCUT2D eigenvalue weighted by atomic mass is 10.1. The van der Waals surface area contributed by atoms with E-state index in [1.807, 2.05) is 273 Å². The van der Waals surface area contributed by atoms with Crippen LogP contribution in [0, 0.1) is 0 Å². The van der Waals surface area contributed by atoms with Gasteiger partial charge in [-0.25, -0.2) is 49.8 Å². The van der Waals surface area contributed by atoms with Gasteiger partial charge in [0.25, 0.3) is 0 Å². The first-order valence-electron chi connectivity index (χ1n) is 43.4. The van der Waals surface area contributed by atoms with Gasteiger partial charge >= 0.3 is 0 Å². The van der Waals surface area contributed by atoms with Crippen molar-refractivity contribution < 1.29 is 13.3 Å². The van der Waals surface area contributed by atoms with Gasteiger partial charge in [0.15, 0.2) is 63.3 Å². The van der Waals surface area contributed by atoms with Crippen molar-refractivity contribution in [2.45, 2.75) is 0 Å². The molecule has 26 aromatic rings. The Kier molecular flexibility index (Phi) is 19.4. The van der Waals surface area contributed by atoms with Gasteiger partial charge in [0.1, 0.15) is 16.6 Å². The fourth-order valence-electron chi connectivity index (χ4n) is 17.6. The van der Waals surface area contributed by atoms with Crippen LogP contribution in [0.25, 0.3) is 242 Å². The maximum absolute atomic E-state index is 6.26. The van der Waals surface area contributed by atoms with Crippen LogP contribution in [0.1, 0.15) is 0 Å². The van der Waals surface area contributed by atoms with E-state index in [4.69, 9.17) is 73.1 Å². The summed E-state index contributed by atoms with van der Waals surface area (Å²) in [5.41, 5.74) is 23.4. The molecule has 0 saturated heterocycles. The molecule has 9 aromatic heterocycles. The van der Waals surface area contributed by atoms with E-state index in [2.05, 4.69) is 171 Å². The molecule has 620 valence electrons. The van der Waals surface area contributed by atoms with Crippen molar-refractivity contribution in [3.63, 3.8) is 0 Å². The van der Waals surface area contributed by atoms with Crippen LogP contribution < -0.4 is 0 Å². The van der Waals surface area contributed by atoms with Crippen LogP contribution in [0.5, 0.6) is 0 Å². The third-order valence-electron chi connectivity index (χ3n) is 23.7. The predicted octanol–water partition coefficient (Wildman–Crippen LogP) is 27.7. The molecule has 0 aliphatic carbocycles. The van der Waals surface area contributed by atoms with Gasteiger partial charge < -0.3 is 22.4 Å². The highest BCUT2D eigenvalue weighted by Gasteiger charge is 2.26. The van der Waals surface area contributed by atoms with Gasteiger partial charge in [0.05, 0.1) is 33.1 Å². The Morgan fingerprint density at radius 3 is 0.758 bits per heavy atom. The number of hydrogen-bond donors (Lipinski definition) is 0. The molecular weight excluding hydrogens is 1630 g/mol. The average Bonchev–Trinajstić information content (AvgIpc) is 1.57. The van der Waals surface area contributed by atoms with Gasteiger partial charge in [0, 0.05) is 105 Å². The summed E-state index contributed by atoms with van der Waals surface area (Å²) < 4.78 is 25.4. The van der Waals surface area contributed by atoms with Gasteiger partial charge in [-0.3, -0.25) is 4.57 Å². The molecule has 9 heterocycles. The minimum atomic E-state index is 0.550. The standard InChI is InChI=1S/2C40H25N5O.C34H21N5O/c1-3-13-26(14-4-1)37-42-38(27-15-5-2-6-16-27)44-39(43-37)28-17-11-18-29(25-28)45-33-22-9-7-19-30(33)36-31(20-12-23-34(36)45)40-41-32-21-8-10-24-35(32)46-40;1-3-12-26(13-4-1)37-42-38(27-14-5-2-6-15-27)44-39(43-37)28-22-24-29(25-23-28)45-33-19-9-7-16-30(33)36-31(17-11-20-34(36)45)40-41-32-18-8-10-21-35(32)46-40;1-3-12-22(13-4-1)31-36-32(23-14-5-2-6-15-23)38-34(37-31)39-27-19-9-7-16-24(27)30-25(17-11-20-28(30)39)33-35-26-18-8-10-21-29(26)40-33/h2*1-25H;1-21H. The first-order chi connectivity index (χ1) is 65.4. The Labute approximate surface area is 754 Å².